The zero-order valence-electron chi connectivity index (χ0n) is 12.9. The first-order valence-electron chi connectivity index (χ1n) is 7.52. The molecule has 1 fully saturated rings. The normalized spacial score (nSPS) is 18.5. The maximum atomic E-state index is 12.6. The third-order valence-corrected chi connectivity index (χ3v) is 4.32. The molecular formula is C16H20N4O2. The number of amides is 1. The van der Waals surface area contributed by atoms with Crippen LogP contribution in [0, 0.1) is 6.92 Å². The van der Waals surface area contributed by atoms with Crippen molar-refractivity contribution in [2.45, 2.75) is 25.7 Å². The topological polar surface area (TPSA) is 71.0 Å². The fourth-order valence-electron chi connectivity index (χ4n) is 3.07. The van der Waals surface area contributed by atoms with Crippen molar-refractivity contribution >= 4 is 5.91 Å². The molecule has 1 amide bonds. The molecule has 0 aliphatic carbocycles. The summed E-state index contributed by atoms with van der Waals surface area (Å²) in [6.45, 7) is 3.47. The Bertz CT molecular complexity index is 747. The average molecular weight is 300 g/mol. The van der Waals surface area contributed by atoms with E-state index < -0.39 is 0 Å². The highest BCUT2D eigenvalue weighted by Crippen LogP contribution is 2.28. The van der Waals surface area contributed by atoms with Gasteiger partial charge < -0.3 is 9.47 Å². The molecule has 0 unspecified atom stereocenters. The minimum Gasteiger partial charge on any atom is -0.338 e. The first-order valence-corrected chi connectivity index (χ1v) is 7.52. The summed E-state index contributed by atoms with van der Waals surface area (Å²) in [4.78, 5) is 26.0. The van der Waals surface area contributed by atoms with Gasteiger partial charge in [0.25, 0.3) is 5.91 Å². The van der Waals surface area contributed by atoms with Crippen LogP contribution in [0.4, 0.5) is 0 Å². The Hall–Kier alpha value is -2.37. The van der Waals surface area contributed by atoms with Crippen molar-refractivity contribution < 1.29 is 4.79 Å². The van der Waals surface area contributed by atoms with E-state index in [0.29, 0.717) is 18.0 Å². The number of hydrogen-bond donors (Lipinski definition) is 1. The van der Waals surface area contributed by atoms with Gasteiger partial charge in [0.15, 0.2) is 0 Å². The molecule has 1 aliphatic heterocycles. The Kier molecular flexibility index (Phi) is 3.83. The summed E-state index contributed by atoms with van der Waals surface area (Å²) < 4.78 is 1.44. The molecule has 116 valence electrons. The summed E-state index contributed by atoms with van der Waals surface area (Å²) >= 11 is 0. The molecule has 1 aliphatic rings. The zero-order chi connectivity index (χ0) is 15.7. The third kappa shape index (κ3) is 2.68. The van der Waals surface area contributed by atoms with Crippen molar-refractivity contribution in [3.63, 3.8) is 0 Å². The molecule has 2 aromatic rings. The number of aryl methyl sites for hydroxylation is 2. The van der Waals surface area contributed by atoms with Crippen molar-refractivity contribution in [2.24, 2.45) is 7.05 Å². The lowest BCUT2D eigenvalue weighted by Crippen LogP contribution is -2.39. The summed E-state index contributed by atoms with van der Waals surface area (Å²) in [7, 11) is 1.66. The monoisotopic (exact) mass is 300 g/mol. The van der Waals surface area contributed by atoms with Gasteiger partial charge in [-0.25, -0.2) is 0 Å². The molecule has 1 atom stereocenters. The van der Waals surface area contributed by atoms with Crippen LogP contribution in [0.5, 0.6) is 0 Å². The van der Waals surface area contributed by atoms with E-state index in [0.717, 1.165) is 30.6 Å². The third-order valence-electron chi connectivity index (χ3n) is 4.32. The van der Waals surface area contributed by atoms with Gasteiger partial charge in [-0.1, -0.05) is 0 Å². The van der Waals surface area contributed by atoms with Crippen LogP contribution in [0.2, 0.25) is 0 Å². The lowest BCUT2D eigenvalue weighted by atomic mass is 9.92. The maximum absolute atomic E-state index is 12.6. The number of nitrogens with zero attached hydrogens (tertiary/aromatic N) is 3. The van der Waals surface area contributed by atoms with Gasteiger partial charge in [0.2, 0.25) is 5.56 Å². The van der Waals surface area contributed by atoms with Crippen molar-refractivity contribution in [1.82, 2.24) is 19.7 Å². The second-order valence-electron chi connectivity index (χ2n) is 5.92. The van der Waals surface area contributed by atoms with Gasteiger partial charge in [0.05, 0.1) is 11.8 Å². The summed E-state index contributed by atoms with van der Waals surface area (Å²) in [5.41, 5.74) is 2.71. The number of likely N-dealkylation sites (tertiary alicyclic amines) is 1. The molecule has 2 aromatic heterocycles. The first-order chi connectivity index (χ1) is 10.6. The highest BCUT2D eigenvalue weighted by Gasteiger charge is 2.27. The Balaban J connectivity index is 1.79. The number of rotatable bonds is 2. The van der Waals surface area contributed by atoms with Crippen molar-refractivity contribution in [1.29, 1.82) is 0 Å². The fraction of sp³-hybridized carbons (Fsp3) is 0.438. The number of pyridine rings is 1. The van der Waals surface area contributed by atoms with Gasteiger partial charge in [0, 0.05) is 44.0 Å². The molecule has 0 spiro atoms. The van der Waals surface area contributed by atoms with Crippen molar-refractivity contribution in [3.8, 4) is 0 Å². The van der Waals surface area contributed by atoms with Crippen molar-refractivity contribution in [2.75, 3.05) is 13.1 Å². The van der Waals surface area contributed by atoms with E-state index in [2.05, 4.69) is 10.2 Å². The van der Waals surface area contributed by atoms with E-state index in [1.807, 2.05) is 18.0 Å². The second-order valence-corrected chi connectivity index (χ2v) is 5.92. The van der Waals surface area contributed by atoms with Crippen LogP contribution in [0.3, 0.4) is 0 Å². The molecule has 3 heterocycles. The quantitative estimate of drug-likeness (QED) is 0.912. The van der Waals surface area contributed by atoms with E-state index >= 15 is 0 Å². The van der Waals surface area contributed by atoms with Gasteiger partial charge in [0.1, 0.15) is 0 Å². The van der Waals surface area contributed by atoms with Crippen LogP contribution in [0.25, 0.3) is 0 Å². The highest BCUT2D eigenvalue weighted by atomic mass is 16.2. The Labute approximate surface area is 128 Å². The predicted octanol–water partition coefficient (Wildman–Crippen LogP) is 1.44. The van der Waals surface area contributed by atoms with Crippen LogP contribution in [0.1, 0.15) is 40.4 Å². The number of H-pyrrole nitrogens is 1. The minimum absolute atomic E-state index is 0.0162. The Morgan fingerprint density at radius 2 is 2.23 bits per heavy atom. The molecule has 6 heteroatoms. The van der Waals surface area contributed by atoms with E-state index in [1.165, 1.54) is 10.6 Å². The number of hydrogen-bond acceptors (Lipinski definition) is 3. The Morgan fingerprint density at radius 3 is 2.91 bits per heavy atom. The molecule has 1 saturated heterocycles. The summed E-state index contributed by atoms with van der Waals surface area (Å²) in [6, 6.07) is 3.05. The van der Waals surface area contributed by atoms with Gasteiger partial charge in [-0.2, -0.15) is 5.10 Å². The molecule has 0 saturated carbocycles. The van der Waals surface area contributed by atoms with Gasteiger partial charge >= 0.3 is 0 Å². The Morgan fingerprint density at radius 1 is 1.41 bits per heavy atom. The van der Waals surface area contributed by atoms with Gasteiger partial charge in [-0.3, -0.25) is 14.7 Å². The first kappa shape index (κ1) is 14.6. The predicted molar refractivity (Wildman–Crippen MR) is 82.9 cm³/mol. The number of aromatic nitrogens is 3. The lowest BCUT2D eigenvalue weighted by Gasteiger charge is -2.32. The van der Waals surface area contributed by atoms with Crippen LogP contribution in [0.15, 0.2) is 29.3 Å². The largest absolute Gasteiger partial charge is 0.338 e. The maximum Gasteiger partial charge on any atom is 0.255 e. The van der Waals surface area contributed by atoms with Crippen molar-refractivity contribution in [3.05, 3.63) is 51.7 Å². The number of piperidine rings is 1. The molecule has 0 bridgehead atoms. The molecule has 6 nitrogen and oxygen atoms in total. The molecule has 22 heavy (non-hydrogen) atoms. The van der Waals surface area contributed by atoms with Gasteiger partial charge in [-0.15, -0.1) is 0 Å². The molecular weight excluding hydrogens is 280 g/mol. The summed E-state index contributed by atoms with van der Waals surface area (Å²) in [6.07, 6.45) is 5.46. The van der Waals surface area contributed by atoms with E-state index in [1.54, 1.807) is 19.3 Å². The molecule has 1 N–H and O–H groups in total. The summed E-state index contributed by atoms with van der Waals surface area (Å²) in [5, 5.41) is 7.14. The van der Waals surface area contributed by atoms with Crippen LogP contribution >= 0.6 is 0 Å². The average Bonchev–Trinajstić information content (AvgIpc) is 2.95. The number of aromatic amines is 1. The summed E-state index contributed by atoms with van der Waals surface area (Å²) in [5.74, 6) is 0.283. The number of carbonyl (C=O) groups excluding carboxylic acids is 1. The molecule has 0 aromatic carbocycles. The van der Waals surface area contributed by atoms with Crippen LogP contribution < -0.4 is 5.56 Å². The molecule has 0 radical (unpaired) electrons. The lowest BCUT2D eigenvalue weighted by molar-refractivity contribution is 0.0704. The van der Waals surface area contributed by atoms with Crippen LogP contribution in [-0.4, -0.2) is 38.7 Å². The second kappa shape index (κ2) is 5.79. The standard InChI is InChI=1S/C16H20N4O2/c1-11-8-17-18-15(11)12-4-3-7-20(10-12)16(22)13-5-6-14(21)19(2)9-13/h5-6,8-9,12H,3-4,7,10H2,1-2H3,(H,17,18)/t12-/m0/s1. The minimum atomic E-state index is -0.110. The van der Waals surface area contributed by atoms with Gasteiger partial charge in [-0.05, 0) is 31.4 Å². The SMILES string of the molecule is Cc1cn[nH]c1[C@H]1CCCN(C(=O)c2ccc(=O)n(C)c2)C1. The highest BCUT2D eigenvalue weighted by molar-refractivity contribution is 5.94. The fourth-order valence-corrected chi connectivity index (χ4v) is 3.07. The molecule has 3 rings (SSSR count). The van der Waals surface area contributed by atoms with E-state index in [4.69, 9.17) is 0 Å². The van der Waals surface area contributed by atoms with Crippen LogP contribution in [-0.2, 0) is 7.05 Å². The zero-order valence-corrected chi connectivity index (χ0v) is 12.9. The smallest absolute Gasteiger partial charge is 0.255 e. The van der Waals surface area contributed by atoms with E-state index in [9.17, 15) is 9.59 Å². The number of nitrogens with one attached hydrogen (secondary N) is 1. The van der Waals surface area contributed by atoms with E-state index in [-0.39, 0.29) is 11.5 Å². The number of carbonyl (C=O) groups is 1.